The monoisotopic (exact) mass is 819 g/mol. The van der Waals surface area contributed by atoms with E-state index in [0.717, 1.165) is 115 Å². The molecule has 1 heterocycles. The van der Waals surface area contributed by atoms with E-state index in [-0.39, 0.29) is 17.7 Å². The molecule has 0 unspecified atom stereocenters. The number of unbranched alkanes of at least 4 members (excludes halogenated alkanes) is 3. The van der Waals surface area contributed by atoms with E-state index in [0.29, 0.717) is 25.8 Å². The molecule has 1 rings (SSSR count). The number of allylic oxidation sites excluding steroid dienone is 22. The second-order valence-corrected chi connectivity index (χ2v) is 14.0. The average molecular weight is 819 g/mol. The van der Waals surface area contributed by atoms with Gasteiger partial charge < -0.3 is 16.4 Å². The number of aromatic nitrogens is 1. The molecule has 4 N–H and O–H groups in total. The molecular formula is C53H78N4O3. The predicted octanol–water partition coefficient (Wildman–Crippen LogP) is 13.6. The van der Waals surface area contributed by atoms with Crippen LogP contribution in [0.25, 0.3) is 0 Å². The topological polar surface area (TPSA) is 114 Å². The molecule has 60 heavy (non-hydrogen) atoms. The first-order valence-corrected chi connectivity index (χ1v) is 22.4. The minimum absolute atomic E-state index is 0.0107. The second kappa shape index (κ2) is 46.4. The summed E-state index contributed by atoms with van der Waals surface area (Å²) < 4.78 is 0. The van der Waals surface area contributed by atoms with Gasteiger partial charge >= 0.3 is 0 Å². The van der Waals surface area contributed by atoms with Gasteiger partial charge in [0, 0.05) is 43.9 Å². The number of nitrogens with one attached hydrogen (secondary N) is 2. The van der Waals surface area contributed by atoms with Gasteiger partial charge in [-0.2, -0.15) is 0 Å². The lowest BCUT2D eigenvalue weighted by atomic mass is 10.2. The molecule has 3 amide bonds. The summed E-state index contributed by atoms with van der Waals surface area (Å²) >= 11 is 0. The van der Waals surface area contributed by atoms with Crippen LogP contribution in [0.2, 0.25) is 0 Å². The first-order chi connectivity index (χ1) is 29.5. The van der Waals surface area contributed by atoms with Crippen molar-refractivity contribution in [2.45, 2.75) is 142 Å². The van der Waals surface area contributed by atoms with Crippen LogP contribution in [0.3, 0.4) is 0 Å². The summed E-state index contributed by atoms with van der Waals surface area (Å²) in [4.78, 5) is 38.3. The van der Waals surface area contributed by atoms with Crippen LogP contribution < -0.4 is 16.4 Å². The molecule has 0 radical (unpaired) electrons. The van der Waals surface area contributed by atoms with Crippen LogP contribution in [0.1, 0.15) is 142 Å². The van der Waals surface area contributed by atoms with Crippen LogP contribution in [0.5, 0.6) is 0 Å². The molecule has 1 aromatic rings. The van der Waals surface area contributed by atoms with E-state index in [2.05, 4.69) is 163 Å². The highest BCUT2D eigenvalue weighted by molar-refractivity contribution is 5.90. The number of hydrogen-bond acceptors (Lipinski definition) is 4. The van der Waals surface area contributed by atoms with Gasteiger partial charge in [0.05, 0.1) is 0 Å². The first kappa shape index (κ1) is 54.7. The maximum atomic E-state index is 11.9. The maximum absolute atomic E-state index is 11.9. The fourth-order valence-electron chi connectivity index (χ4n) is 5.18. The van der Waals surface area contributed by atoms with E-state index in [1.807, 2.05) is 0 Å². The summed E-state index contributed by atoms with van der Waals surface area (Å²) in [5.41, 5.74) is 5.84. The Balaban J connectivity index is 0.00000135. The van der Waals surface area contributed by atoms with Gasteiger partial charge in [0.2, 0.25) is 17.7 Å². The fourth-order valence-corrected chi connectivity index (χ4v) is 5.18. The molecule has 328 valence electrons. The van der Waals surface area contributed by atoms with Crippen molar-refractivity contribution in [1.29, 1.82) is 0 Å². The quantitative estimate of drug-likeness (QED) is 0.0474. The van der Waals surface area contributed by atoms with E-state index >= 15 is 0 Å². The third kappa shape index (κ3) is 45.4. The Hall–Kier alpha value is -5.30. The van der Waals surface area contributed by atoms with Crippen molar-refractivity contribution in [2.75, 3.05) is 11.9 Å². The minimum atomic E-state index is -0.215. The summed E-state index contributed by atoms with van der Waals surface area (Å²) in [7, 11) is 0. The maximum Gasteiger partial charge on any atom is 0.224 e. The van der Waals surface area contributed by atoms with Gasteiger partial charge in [-0.15, -0.1) is 0 Å². The summed E-state index contributed by atoms with van der Waals surface area (Å²) in [6.45, 7) is 4.96. The van der Waals surface area contributed by atoms with Gasteiger partial charge in [-0.1, -0.05) is 154 Å². The van der Waals surface area contributed by atoms with Crippen molar-refractivity contribution in [1.82, 2.24) is 10.3 Å². The molecule has 0 aliphatic carbocycles. The standard InChI is InChI=1S/C33H47N3O2.C20H31NO/c1-2-3-4-5-6-7-8-9-10-11-12-13-14-15-16-17-18-19-21-24-32(37)35-28-23-20-22-25-33(38)36-31-26-29-34-30-27-31;1-2-3-4-5-6-7-8-9-10-11-12-13-14-15-16-17-18-19-20(21)22/h3-4,6-7,9-10,12-13,15-16,18-19,26-27,29-30H,2,5,8,11,14,17,20-25,28H2,1H3,(H,35,37)(H,34,36,38);3-4,6-7,9-10,12-13,15-16H,2,5,8,11,14,17-19H2,1H3,(H2,21,22)/b4-3-,7-6-,10-9-,13-12-,16-15-,19-18-;4-3-,7-6-,10-9-,13-12-,16-15-. The minimum Gasteiger partial charge on any atom is -0.370 e. The zero-order chi connectivity index (χ0) is 43.7. The molecule has 0 spiro atoms. The Kier molecular flexibility index (Phi) is 42.3. The van der Waals surface area contributed by atoms with Crippen LogP contribution in [0.4, 0.5) is 5.69 Å². The molecule has 7 nitrogen and oxygen atoms in total. The summed E-state index contributed by atoms with van der Waals surface area (Å²) in [6, 6.07) is 3.54. The summed E-state index contributed by atoms with van der Waals surface area (Å²) in [6.07, 6.45) is 68.9. The van der Waals surface area contributed by atoms with E-state index in [1.165, 1.54) is 0 Å². The molecule has 1 aromatic heterocycles. The SMILES string of the molecule is CC/C=C\C/C=C\C/C=C\C/C=C\C/C=C\C/C=C\CCC(=O)NCCCCCC(=O)Nc1ccncc1.CC/C=C\C/C=C\C/C=C\C/C=C\C/C=C\CCCC(N)=O. The van der Waals surface area contributed by atoms with Gasteiger partial charge in [-0.05, 0) is 115 Å². The molecule has 7 heteroatoms. The van der Waals surface area contributed by atoms with E-state index in [9.17, 15) is 14.4 Å². The van der Waals surface area contributed by atoms with Gasteiger partial charge in [0.25, 0.3) is 0 Å². The molecule has 0 bridgehead atoms. The number of carbonyl (C=O) groups excluding carboxylic acids is 3. The predicted molar refractivity (Wildman–Crippen MR) is 259 cm³/mol. The van der Waals surface area contributed by atoms with Gasteiger partial charge in [0.15, 0.2) is 0 Å². The van der Waals surface area contributed by atoms with Crippen LogP contribution in [-0.2, 0) is 14.4 Å². The number of amides is 3. The van der Waals surface area contributed by atoms with Gasteiger partial charge in [-0.3, -0.25) is 19.4 Å². The number of primary amides is 1. The molecule has 0 aromatic carbocycles. The number of anilines is 1. The number of carbonyl (C=O) groups is 3. The van der Waals surface area contributed by atoms with Crippen molar-refractivity contribution in [3.63, 3.8) is 0 Å². The molecule has 0 aliphatic heterocycles. The average Bonchev–Trinajstić information content (AvgIpc) is 3.24. The highest BCUT2D eigenvalue weighted by Crippen LogP contribution is 2.07. The third-order valence-electron chi connectivity index (χ3n) is 8.45. The van der Waals surface area contributed by atoms with Crippen LogP contribution in [0, 0.1) is 0 Å². The van der Waals surface area contributed by atoms with Crippen molar-refractivity contribution >= 4 is 23.4 Å². The lowest BCUT2D eigenvalue weighted by molar-refractivity contribution is -0.121. The van der Waals surface area contributed by atoms with Crippen LogP contribution >= 0.6 is 0 Å². The van der Waals surface area contributed by atoms with E-state index in [4.69, 9.17) is 5.73 Å². The smallest absolute Gasteiger partial charge is 0.224 e. The normalized spacial score (nSPS) is 12.4. The number of nitrogens with zero attached hydrogens (tertiary/aromatic N) is 1. The molecule has 0 fully saturated rings. The number of rotatable bonds is 34. The Morgan fingerprint density at radius 1 is 0.467 bits per heavy atom. The molecular weight excluding hydrogens is 741 g/mol. The zero-order valence-corrected chi connectivity index (χ0v) is 37.1. The van der Waals surface area contributed by atoms with Crippen molar-refractivity contribution in [3.8, 4) is 0 Å². The Morgan fingerprint density at radius 2 is 0.867 bits per heavy atom. The summed E-state index contributed by atoms with van der Waals surface area (Å²) in [5.74, 6) is -0.121. The zero-order valence-electron chi connectivity index (χ0n) is 37.1. The van der Waals surface area contributed by atoms with Gasteiger partial charge in [0.1, 0.15) is 0 Å². The Bertz CT molecular complexity index is 1520. The summed E-state index contributed by atoms with van der Waals surface area (Å²) in [5, 5.41) is 5.81. The van der Waals surface area contributed by atoms with E-state index in [1.54, 1.807) is 24.5 Å². The van der Waals surface area contributed by atoms with Crippen molar-refractivity contribution in [2.24, 2.45) is 5.73 Å². The highest BCUT2D eigenvalue weighted by Gasteiger charge is 2.03. The first-order valence-electron chi connectivity index (χ1n) is 22.4. The lowest BCUT2D eigenvalue weighted by Crippen LogP contribution is -2.23. The number of hydrogen-bond donors (Lipinski definition) is 3. The second-order valence-electron chi connectivity index (χ2n) is 14.0. The largest absolute Gasteiger partial charge is 0.370 e. The number of nitrogens with two attached hydrogens (primary N) is 1. The number of pyridine rings is 1. The Labute approximate surface area is 365 Å². The Morgan fingerprint density at radius 3 is 1.28 bits per heavy atom. The highest BCUT2D eigenvalue weighted by atomic mass is 16.2. The van der Waals surface area contributed by atoms with E-state index < -0.39 is 0 Å². The third-order valence-corrected chi connectivity index (χ3v) is 8.45. The molecule has 0 saturated heterocycles. The molecule has 0 aliphatic rings. The molecule has 0 atom stereocenters. The van der Waals surface area contributed by atoms with Crippen LogP contribution in [0.15, 0.2) is 158 Å². The fraction of sp³-hybridized carbons (Fsp3) is 0.434. The molecule has 0 saturated carbocycles. The van der Waals surface area contributed by atoms with Gasteiger partial charge in [-0.25, -0.2) is 0 Å². The van der Waals surface area contributed by atoms with Crippen molar-refractivity contribution in [3.05, 3.63) is 158 Å². The lowest BCUT2D eigenvalue weighted by Gasteiger charge is -2.06. The van der Waals surface area contributed by atoms with Crippen LogP contribution in [-0.4, -0.2) is 29.3 Å². The van der Waals surface area contributed by atoms with Crippen molar-refractivity contribution < 1.29 is 14.4 Å².